The maximum Gasteiger partial charge on any atom is 0.191 e. The van der Waals surface area contributed by atoms with Crippen LogP contribution in [0.3, 0.4) is 0 Å². The Kier molecular flexibility index (Phi) is 6.78. The minimum atomic E-state index is -0.563. The number of rotatable bonds is 8. The summed E-state index contributed by atoms with van der Waals surface area (Å²) in [7, 11) is 0. The van der Waals surface area contributed by atoms with Gasteiger partial charge in [-0.05, 0) is 17.9 Å². The summed E-state index contributed by atoms with van der Waals surface area (Å²) in [5, 5.41) is 18.5. The Bertz CT molecular complexity index is 381. The van der Waals surface area contributed by atoms with Crippen LogP contribution in [-0.4, -0.2) is 46.8 Å². The fourth-order valence-electron chi connectivity index (χ4n) is 1.40. The van der Waals surface area contributed by atoms with Crippen LogP contribution in [0.15, 0.2) is 24.3 Å². The van der Waals surface area contributed by atoms with Crippen molar-refractivity contribution >= 4 is 17.5 Å². The van der Waals surface area contributed by atoms with Crippen LogP contribution >= 0.6 is 11.8 Å². The number of benzene rings is 1. The van der Waals surface area contributed by atoms with Gasteiger partial charge in [0.05, 0.1) is 11.7 Å². The lowest BCUT2D eigenvalue weighted by Crippen LogP contribution is -2.21. The average molecular weight is 270 g/mol. The van der Waals surface area contributed by atoms with Gasteiger partial charge in [-0.1, -0.05) is 19.1 Å². The molecule has 18 heavy (non-hydrogen) atoms. The van der Waals surface area contributed by atoms with Gasteiger partial charge in [0.25, 0.3) is 0 Å². The van der Waals surface area contributed by atoms with Gasteiger partial charge in [-0.15, -0.1) is 0 Å². The summed E-state index contributed by atoms with van der Waals surface area (Å²) < 4.78 is 5.42. The predicted octanol–water partition coefficient (Wildman–Crippen LogP) is 1.35. The molecule has 1 rings (SSSR count). The highest BCUT2D eigenvalue weighted by atomic mass is 32.2. The number of ether oxygens (including phenoxy) is 1. The van der Waals surface area contributed by atoms with Crippen molar-refractivity contribution in [3.8, 4) is 5.75 Å². The molecule has 5 heteroatoms. The lowest BCUT2D eigenvalue weighted by atomic mass is 10.1. The molecule has 0 bridgehead atoms. The van der Waals surface area contributed by atoms with Gasteiger partial charge in [-0.25, -0.2) is 0 Å². The fourth-order valence-corrected chi connectivity index (χ4v) is 2.00. The Hall–Kier alpha value is -1.04. The summed E-state index contributed by atoms with van der Waals surface area (Å²) in [5.41, 5.74) is 0.343. The van der Waals surface area contributed by atoms with E-state index in [1.807, 2.05) is 6.92 Å². The molecule has 0 fully saturated rings. The zero-order valence-electron chi connectivity index (χ0n) is 10.3. The molecule has 0 heterocycles. The van der Waals surface area contributed by atoms with E-state index in [2.05, 4.69) is 0 Å². The number of ketones is 1. The van der Waals surface area contributed by atoms with Crippen molar-refractivity contribution < 1.29 is 19.7 Å². The topological polar surface area (TPSA) is 66.8 Å². The highest BCUT2D eigenvalue weighted by Crippen LogP contribution is 2.18. The Labute approximate surface area is 111 Å². The number of carbonyl (C=O) groups is 1. The van der Waals surface area contributed by atoms with Gasteiger partial charge < -0.3 is 14.9 Å². The summed E-state index contributed by atoms with van der Waals surface area (Å²) in [4.78, 5) is 11.5. The highest BCUT2D eigenvalue weighted by Gasteiger charge is 2.12. The number of aliphatic hydroxyl groups excluding tert-OH is 2. The van der Waals surface area contributed by atoms with Crippen LogP contribution in [0.25, 0.3) is 0 Å². The number of hydrogen-bond acceptors (Lipinski definition) is 5. The molecule has 0 aliphatic carbocycles. The molecule has 4 nitrogen and oxygen atoms in total. The van der Waals surface area contributed by atoms with Crippen LogP contribution in [0.4, 0.5) is 0 Å². The first-order valence-electron chi connectivity index (χ1n) is 5.80. The molecular weight excluding hydrogens is 252 g/mol. The van der Waals surface area contributed by atoms with E-state index in [0.29, 0.717) is 17.1 Å². The van der Waals surface area contributed by atoms with Gasteiger partial charge >= 0.3 is 0 Å². The van der Waals surface area contributed by atoms with E-state index >= 15 is 0 Å². The molecule has 2 N–H and O–H groups in total. The molecule has 0 saturated carbocycles. The molecule has 0 amide bonds. The number of para-hydroxylation sites is 1. The molecule has 0 spiro atoms. The normalized spacial score (nSPS) is 12.2. The van der Waals surface area contributed by atoms with Gasteiger partial charge in [-0.3, -0.25) is 4.79 Å². The van der Waals surface area contributed by atoms with E-state index in [-0.39, 0.29) is 12.4 Å². The van der Waals surface area contributed by atoms with Crippen LogP contribution in [0, 0.1) is 0 Å². The minimum absolute atomic E-state index is 0.142. The highest BCUT2D eigenvalue weighted by molar-refractivity contribution is 7.99. The third-order valence-corrected chi connectivity index (χ3v) is 3.31. The zero-order valence-corrected chi connectivity index (χ0v) is 11.2. The first-order chi connectivity index (χ1) is 8.69. The number of Topliss-reactive ketones (excluding diaryl/α,β-unsaturated/α-hetero) is 1. The lowest BCUT2D eigenvalue weighted by Gasteiger charge is -2.13. The predicted molar refractivity (Wildman–Crippen MR) is 72.4 cm³/mol. The van der Waals surface area contributed by atoms with E-state index in [1.54, 1.807) is 36.0 Å². The third-order valence-electron chi connectivity index (χ3n) is 2.28. The Morgan fingerprint density at radius 2 is 2.17 bits per heavy atom. The first-order valence-corrected chi connectivity index (χ1v) is 6.96. The van der Waals surface area contributed by atoms with E-state index < -0.39 is 12.7 Å². The van der Waals surface area contributed by atoms with E-state index in [4.69, 9.17) is 9.84 Å². The van der Waals surface area contributed by atoms with Crippen LogP contribution in [-0.2, 0) is 0 Å². The van der Waals surface area contributed by atoms with Crippen molar-refractivity contribution in [2.24, 2.45) is 0 Å². The monoisotopic (exact) mass is 270 g/mol. The van der Waals surface area contributed by atoms with Crippen molar-refractivity contribution in [1.29, 1.82) is 0 Å². The molecule has 0 aromatic heterocycles. The quantitative estimate of drug-likeness (QED) is 0.698. The molecule has 0 saturated heterocycles. The smallest absolute Gasteiger partial charge is 0.191 e. The maximum absolute atomic E-state index is 11.5. The fraction of sp³-hybridized carbons (Fsp3) is 0.462. The summed E-state index contributed by atoms with van der Waals surface area (Å²) in [5.74, 6) is 1.56. The Morgan fingerprint density at radius 1 is 1.44 bits per heavy atom. The molecule has 0 aliphatic rings. The molecule has 0 radical (unpaired) electrons. The van der Waals surface area contributed by atoms with E-state index in [1.165, 1.54) is 0 Å². The summed E-state index contributed by atoms with van der Waals surface area (Å²) in [6, 6.07) is 6.71. The van der Waals surface area contributed by atoms with Crippen molar-refractivity contribution in [3.05, 3.63) is 29.8 Å². The second-order valence-electron chi connectivity index (χ2n) is 3.70. The standard InChI is InChI=1S/C13H18O4S/c1-2-18-9-10(15)8-17-13-6-4-3-5-11(13)12(16)7-14/h3-6,10,14-15H,2,7-9H2,1H3. The van der Waals surface area contributed by atoms with Crippen molar-refractivity contribution in [3.63, 3.8) is 0 Å². The number of carbonyl (C=O) groups excluding carboxylic acids is 1. The molecule has 1 aromatic rings. The first kappa shape index (κ1) is 15.0. The molecular formula is C13H18O4S. The summed E-state index contributed by atoms with van der Waals surface area (Å²) >= 11 is 1.63. The Balaban J connectivity index is 2.59. The van der Waals surface area contributed by atoms with Gasteiger partial charge in [-0.2, -0.15) is 11.8 Å². The summed E-state index contributed by atoms with van der Waals surface area (Å²) in [6.45, 7) is 1.62. The second-order valence-corrected chi connectivity index (χ2v) is 5.02. The van der Waals surface area contributed by atoms with Gasteiger partial charge in [0.1, 0.15) is 19.0 Å². The molecule has 1 atom stereocenters. The minimum Gasteiger partial charge on any atom is -0.490 e. The second kappa shape index (κ2) is 8.13. The largest absolute Gasteiger partial charge is 0.490 e. The molecule has 100 valence electrons. The Morgan fingerprint density at radius 3 is 2.83 bits per heavy atom. The number of thioether (sulfide) groups is 1. The summed E-state index contributed by atoms with van der Waals surface area (Å²) in [6.07, 6.45) is -0.563. The van der Waals surface area contributed by atoms with Gasteiger partial charge in [0.15, 0.2) is 5.78 Å². The SMILES string of the molecule is CCSCC(O)COc1ccccc1C(=O)CO. The van der Waals surface area contributed by atoms with Crippen molar-refractivity contribution in [1.82, 2.24) is 0 Å². The average Bonchev–Trinajstić information content (AvgIpc) is 2.42. The molecule has 0 aliphatic heterocycles. The maximum atomic E-state index is 11.5. The van der Waals surface area contributed by atoms with Gasteiger partial charge in [0.2, 0.25) is 0 Å². The number of hydrogen-bond donors (Lipinski definition) is 2. The lowest BCUT2D eigenvalue weighted by molar-refractivity contribution is 0.0891. The van der Waals surface area contributed by atoms with Crippen LogP contribution in [0.1, 0.15) is 17.3 Å². The van der Waals surface area contributed by atoms with Crippen molar-refractivity contribution in [2.45, 2.75) is 13.0 Å². The molecule has 1 aromatic carbocycles. The zero-order chi connectivity index (χ0) is 13.4. The third kappa shape index (κ3) is 4.68. The van der Waals surface area contributed by atoms with Crippen molar-refractivity contribution in [2.75, 3.05) is 24.7 Å². The van der Waals surface area contributed by atoms with Crippen LogP contribution in [0.5, 0.6) is 5.75 Å². The van der Waals surface area contributed by atoms with Gasteiger partial charge in [0, 0.05) is 5.75 Å². The van der Waals surface area contributed by atoms with E-state index in [0.717, 1.165) is 5.75 Å². The molecule has 1 unspecified atom stereocenters. The van der Waals surface area contributed by atoms with Crippen LogP contribution in [0.2, 0.25) is 0 Å². The van der Waals surface area contributed by atoms with E-state index in [9.17, 15) is 9.90 Å². The number of aliphatic hydroxyl groups is 2. The van der Waals surface area contributed by atoms with Crippen LogP contribution < -0.4 is 4.74 Å².